The van der Waals surface area contributed by atoms with Crippen LogP contribution in [0.1, 0.15) is 18.9 Å². The standard InChI is InChI=1S/C11H14F2O2/c1-7(14)3-4-9-10(12)5-8(15-2)6-11(9)13/h5-7,14H,3-4H2,1-2H3/t7-/m0/s1. The largest absolute Gasteiger partial charge is 0.497 e. The lowest BCUT2D eigenvalue weighted by atomic mass is 10.1. The van der Waals surface area contributed by atoms with Crippen molar-refractivity contribution < 1.29 is 18.6 Å². The maximum Gasteiger partial charge on any atom is 0.133 e. The maximum absolute atomic E-state index is 13.3. The number of ether oxygens (including phenoxy) is 1. The van der Waals surface area contributed by atoms with E-state index < -0.39 is 17.7 Å². The van der Waals surface area contributed by atoms with Gasteiger partial charge in [-0.15, -0.1) is 0 Å². The minimum absolute atomic E-state index is 0.00306. The van der Waals surface area contributed by atoms with E-state index in [1.54, 1.807) is 6.92 Å². The molecule has 0 aliphatic rings. The molecule has 0 heterocycles. The molecule has 0 aliphatic carbocycles. The number of methoxy groups -OCH3 is 1. The Labute approximate surface area is 87.5 Å². The van der Waals surface area contributed by atoms with E-state index in [1.807, 2.05) is 0 Å². The van der Waals surface area contributed by atoms with Crippen LogP contribution >= 0.6 is 0 Å². The second kappa shape index (κ2) is 5.07. The van der Waals surface area contributed by atoms with Gasteiger partial charge in [0.15, 0.2) is 0 Å². The molecule has 1 N–H and O–H groups in total. The highest BCUT2D eigenvalue weighted by Gasteiger charge is 2.12. The number of aliphatic hydroxyl groups excluding tert-OH is 1. The average Bonchev–Trinajstić information content (AvgIpc) is 2.15. The van der Waals surface area contributed by atoms with Gasteiger partial charge in [-0.1, -0.05) is 0 Å². The Morgan fingerprint density at radius 2 is 1.87 bits per heavy atom. The molecule has 0 saturated carbocycles. The first-order chi connectivity index (χ1) is 7.04. The molecule has 1 atom stereocenters. The molecular formula is C11H14F2O2. The van der Waals surface area contributed by atoms with Crippen molar-refractivity contribution in [2.45, 2.75) is 25.9 Å². The predicted molar refractivity (Wildman–Crippen MR) is 52.9 cm³/mol. The van der Waals surface area contributed by atoms with Crippen LogP contribution in [-0.2, 0) is 6.42 Å². The molecule has 0 saturated heterocycles. The van der Waals surface area contributed by atoms with E-state index in [4.69, 9.17) is 9.84 Å². The van der Waals surface area contributed by atoms with E-state index in [0.717, 1.165) is 12.1 Å². The van der Waals surface area contributed by atoms with Gasteiger partial charge in [0.1, 0.15) is 17.4 Å². The van der Waals surface area contributed by atoms with Gasteiger partial charge in [-0.25, -0.2) is 8.78 Å². The molecule has 1 aromatic rings. The highest BCUT2D eigenvalue weighted by Crippen LogP contribution is 2.21. The summed E-state index contributed by atoms with van der Waals surface area (Å²) in [5, 5.41) is 9.03. The number of hydrogen-bond acceptors (Lipinski definition) is 2. The van der Waals surface area contributed by atoms with Crippen molar-refractivity contribution in [1.82, 2.24) is 0 Å². The first-order valence-electron chi connectivity index (χ1n) is 4.74. The van der Waals surface area contributed by atoms with Gasteiger partial charge in [-0.2, -0.15) is 0 Å². The molecule has 0 radical (unpaired) electrons. The van der Waals surface area contributed by atoms with Crippen molar-refractivity contribution in [2.24, 2.45) is 0 Å². The summed E-state index contributed by atoms with van der Waals surface area (Å²) in [7, 11) is 1.35. The quantitative estimate of drug-likeness (QED) is 0.836. The minimum Gasteiger partial charge on any atom is -0.497 e. The topological polar surface area (TPSA) is 29.5 Å². The molecule has 84 valence electrons. The van der Waals surface area contributed by atoms with E-state index in [-0.39, 0.29) is 17.7 Å². The van der Waals surface area contributed by atoms with Gasteiger partial charge in [-0.3, -0.25) is 0 Å². The highest BCUT2D eigenvalue weighted by molar-refractivity contribution is 5.30. The molecule has 0 fully saturated rings. The molecule has 0 aliphatic heterocycles. The zero-order chi connectivity index (χ0) is 11.4. The van der Waals surface area contributed by atoms with Gasteiger partial charge in [0.25, 0.3) is 0 Å². The molecular weight excluding hydrogens is 202 g/mol. The molecule has 1 aromatic carbocycles. The van der Waals surface area contributed by atoms with Crippen LogP contribution in [0.2, 0.25) is 0 Å². The Bertz CT molecular complexity index is 314. The summed E-state index contributed by atoms with van der Waals surface area (Å²) in [6.07, 6.45) is -0.0506. The Balaban J connectivity index is 2.88. The van der Waals surface area contributed by atoms with Gasteiger partial charge in [0.2, 0.25) is 0 Å². The summed E-state index contributed by atoms with van der Waals surface area (Å²) in [6, 6.07) is 2.28. The maximum atomic E-state index is 13.3. The van der Waals surface area contributed by atoms with Crippen molar-refractivity contribution in [3.05, 3.63) is 29.3 Å². The molecule has 4 heteroatoms. The fourth-order valence-electron chi connectivity index (χ4n) is 1.29. The SMILES string of the molecule is COc1cc(F)c(CC[C@H](C)O)c(F)c1. The number of hydrogen-bond donors (Lipinski definition) is 1. The number of aliphatic hydroxyl groups is 1. The van der Waals surface area contributed by atoms with Gasteiger partial charge in [-0.05, 0) is 19.8 Å². The van der Waals surface area contributed by atoms with Gasteiger partial charge >= 0.3 is 0 Å². The second-order valence-electron chi connectivity index (χ2n) is 3.46. The van der Waals surface area contributed by atoms with Crippen LogP contribution in [0.4, 0.5) is 8.78 Å². The Morgan fingerprint density at radius 3 is 2.27 bits per heavy atom. The van der Waals surface area contributed by atoms with Crippen LogP contribution in [0.25, 0.3) is 0 Å². The van der Waals surface area contributed by atoms with Gasteiger partial charge < -0.3 is 9.84 Å². The second-order valence-corrected chi connectivity index (χ2v) is 3.46. The van der Waals surface area contributed by atoms with Crippen molar-refractivity contribution in [1.29, 1.82) is 0 Å². The lowest BCUT2D eigenvalue weighted by Gasteiger charge is -2.08. The number of rotatable bonds is 4. The molecule has 1 rings (SSSR count). The molecule has 0 unspecified atom stereocenters. The summed E-state index contributed by atoms with van der Waals surface area (Å²) < 4.78 is 31.4. The first kappa shape index (κ1) is 11.9. The first-order valence-corrected chi connectivity index (χ1v) is 4.74. The normalized spacial score (nSPS) is 12.6. The van der Waals surface area contributed by atoms with Crippen molar-refractivity contribution in [3.63, 3.8) is 0 Å². The molecule has 0 aromatic heterocycles. The fourth-order valence-corrected chi connectivity index (χ4v) is 1.29. The van der Waals surface area contributed by atoms with E-state index in [0.29, 0.717) is 6.42 Å². The van der Waals surface area contributed by atoms with E-state index >= 15 is 0 Å². The fraction of sp³-hybridized carbons (Fsp3) is 0.455. The lowest BCUT2D eigenvalue weighted by Crippen LogP contribution is -2.05. The molecule has 0 amide bonds. The zero-order valence-corrected chi connectivity index (χ0v) is 8.76. The third-order valence-electron chi connectivity index (χ3n) is 2.16. The number of halogens is 2. The van der Waals surface area contributed by atoms with Gasteiger partial charge in [0, 0.05) is 17.7 Å². The highest BCUT2D eigenvalue weighted by atomic mass is 19.1. The zero-order valence-electron chi connectivity index (χ0n) is 8.76. The summed E-state index contributed by atoms with van der Waals surface area (Å²) in [4.78, 5) is 0. The van der Waals surface area contributed by atoms with Crippen molar-refractivity contribution in [2.75, 3.05) is 7.11 Å². The van der Waals surface area contributed by atoms with E-state index in [2.05, 4.69) is 0 Å². The smallest absolute Gasteiger partial charge is 0.133 e. The van der Waals surface area contributed by atoms with Crippen LogP contribution in [0.15, 0.2) is 12.1 Å². The number of benzene rings is 1. The summed E-state index contributed by atoms with van der Waals surface area (Å²) >= 11 is 0. The lowest BCUT2D eigenvalue weighted by molar-refractivity contribution is 0.184. The Morgan fingerprint density at radius 1 is 1.33 bits per heavy atom. The van der Waals surface area contributed by atoms with Gasteiger partial charge in [0.05, 0.1) is 13.2 Å². The monoisotopic (exact) mass is 216 g/mol. The van der Waals surface area contributed by atoms with Crippen molar-refractivity contribution in [3.8, 4) is 5.75 Å². The van der Waals surface area contributed by atoms with E-state index in [1.165, 1.54) is 7.11 Å². The molecule has 0 spiro atoms. The average molecular weight is 216 g/mol. The third kappa shape index (κ3) is 3.16. The van der Waals surface area contributed by atoms with Crippen molar-refractivity contribution >= 4 is 0 Å². The predicted octanol–water partition coefficient (Wildman–Crippen LogP) is 2.29. The minimum atomic E-state index is -0.632. The molecule has 2 nitrogen and oxygen atoms in total. The summed E-state index contributed by atoms with van der Waals surface area (Å²) in [6.45, 7) is 1.58. The van der Waals surface area contributed by atoms with E-state index in [9.17, 15) is 8.78 Å². The van der Waals surface area contributed by atoms with Crippen LogP contribution in [0.5, 0.6) is 5.75 Å². The molecule has 15 heavy (non-hydrogen) atoms. The van der Waals surface area contributed by atoms with Crippen LogP contribution < -0.4 is 4.74 Å². The summed E-state index contributed by atoms with van der Waals surface area (Å²) in [5.74, 6) is -1.11. The summed E-state index contributed by atoms with van der Waals surface area (Å²) in [5.41, 5.74) is -0.00306. The van der Waals surface area contributed by atoms with Crippen LogP contribution in [-0.4, -0.2) is 18.3 Å². The van der Waals surface area contributed by atoms with Crippen LogP contribution in [0, 0.1) is 11.6 Å². The molecule has 0 bridgehead atoms. The van der Waals surface area contributed by atoms with Crippen LogP contribution in [0.3, 0.4) is 0 Å². The Hall–Kier alpha value is -1.16. The third-order valence-corrected chi connectivity index (χ3v) is 2.16. The Kier molecular flexibility index (Phi) is 4.03.